The van der Waals surface area contributed by atoms with E-state index in [1.54, 1.807) is 11.0 Å². The summed E-state index contributed by atoms with van der Waals surface area (Å²) in [5, 5.41) is 0. The maximum absolute atomic E-state index is 13.2. The molecule has 1 aliphatic heterocycles. The molecule has 1 amide bonds. The number of nitrogens with two attached hydrogens (primary N) is 1. The monoisotopic (exact) mass is 266 g/mol. The summed E-state index contributed by atoms with van der Waals surface area (Å²) >= 11 is 0. The lowest BCUT2D eigenvalue weighted by molar-refractivity contribution is -0.0788. The Labute approximate surface area is 112 Å². The van der Waals surface area contributed by atoms with Gasteiger partial charge < -0.3 is 15.4 Å². The van der Waals surface area contributed by atoms with E-state index in [-0.39, 0.29) is 12.0 Å². The molecule has 0 aliphatic carbocycles. The summed E-state index contributed by atoms with van der Waals surface area (Å²) in [7, 11) is 0. The molecule has 1 unspecified atom stereocenters. The fourth-order valence-electron chi connectivity index (χ4n) is 2.18. The van der Waals surface area contributed by atoms with Crippen LogP contribution < -0.4 is 5.73 Å². The van der Waals surface area contributed by atoms with Crippen LogP contribution in [0.2, 0.25) is 0 Å². The standard InChI is InChI=1S/C14H19FN2O2/c1-14(2)9-19-12(7-16)8-17(14)13(18)10-4-3-5-11(15)6-10/h3-6,12H,7-9,16H2,1-2H3. The predicted molar refractivity (Wildman–Crippen MR) is 70.3 cm³/mol. The highest BCUT2D eigenvalue weighted by Gasteiger charge is 2.38. The van der Waals surface area contributed by atoms with E-state index in [4.69, 9.17) is 10.5 Å². The van der Waals surface area contributed by atoms with Crippen molar-refractivity contribution < 1.29 is 13.9 Å². The van der Waals surface area contributed by atoms with Crippen LogP contribution in [0.5, 0.6) is 0 Å². The summed E-state index contributed by atoms with van der Waals surface area (Å²) in [5.74, 6) is -0.599. The molecule has 2 N–H and O–H groups in total. The first-order chi connectivity index (χ1) is 8.94. The zero-order chi connectivity index (χ0) is 14.0. The van der Waals surface area contributed by atoms with E-state index >= 15 is 0 Å². The molecular weight excluding hydrogens is 247 g/mol. The van der Waals surface area contributed by atoms with Gasteiger partial charge in [0.25, 0.3) is 5.91 Å². The highest BCUT2D eigenvalue weighted by molar-refractivity contribution is 5.94. The van der Waals surface area contributed by atoms with Crippen molar-refractivity contribution in [2.75, 3.05) is 19.7 Å². The molecule has 1 aliphatic rings. The SMILES string of the molecule is CC1(C)COC(CN)CN1C(=O)c1cccc(F)c1. The number of hydrogen-bond acceptors (Lipinski definition) is 3. The maximum Gasteiger partial charge on any atom is 0.254 e. The summed E-state index contributed by atoms with van der Waals surface area (Å²) in [6.07, 6.45) is -0.162. The van der Waals surface area contributed by atoms with Crippen LogP contribution in [0, 0.1) is 5.82 Å². The Morgan fingerprint density at radius 3 is 2.95 bits per heavy atom. The molecule has 0 spiro atoms. The molecule has 4 nitrogen and oxygen atoms in total. The second kappa shape index (κ2) is 5.27. The zero-order valence-corrected chi connectivity index (χ0v) is 11.2. The number of carbonyl (C=O) groups excluding carboxylic acids is 1. The van der Waals surface area contributed by atoms with E-state index in [2.05, 4.69) is 0 Å². The lowest BCUT2D eigenvalue weighted by atomic mass is 9.99. The molecular formula is C14H19FN2O2. The van der Waals surface area contributed by atoms with E-state index in [1.165, 1.54) is 18.2 Å². The van der Waals surface area contributed by atoms with E-state index in [9.17, 15) is 9.18 Å². The molecule has 2 rings (SSSR count). The Morgan fingerprint density at radius 2 is 2.32 bits per heavy atom. The van der Waals surface area contributed by atoms with Crippen LogP contribution in [0.4, 0.5) is 4.39 Å². The molecule has 104 valence electrons. The summed E-state index contributed by atoms with van der Waals surface area (Å²) < 4.78 is 18.8. The number of hydrogen-bond donors (Lipinski definition) is 1. The Kier molecular flexibility index (Phi) is 3.87. The Hall–Kier alpha value is -1.46. The van der Waals surface area contributed by atoms with Gasteiger partial charge in [-0.3, -0.25) is 4.79 Å². The average Bonchev–Trinajstić information content (AvgIpc) is 2.38. The Morgan fingerprint density at radius 1 is 1.58 bits per heavy atom. The summed E-state index contributed by atoms with van der Waals surface area (Å²) in [6.45, 7) is 5.08. The third-order valence-electron chi connectivity index (χ3n) is 3.37. The normalized spacial score (nSPS) is 22.3. The fourth-order valence-corrected chi connectivity index (χ4v) is 2.18. The molecule has 19 heavy (non-hydrogen) atoms. The number of morpholine rings is 1. The van der Waals surface area contributed by atoms with Gasteiger partial charge >= 0.3 is 0 Å². The smallest absolute Gasteiger partial charge is 0.254 e. The van der Waals surface area contributed by atoms with E-state index in [0.717, 1.165) is 0 Å². The van der Waals surface area contributed by atoms with Gasteiger partial charge in [0.2, 0.25) is 0 Å². The zero-order valence-electron chi connectivity index (χ0n) is 11.2. The molecule has 1 heterocycles. The minimum atomic E-state index is -0.422. The topological polar surface area (TPSA) is 55.6 Å². The highest BCUT2D eigenvalue weighted by Crippen LogP contribution is 2.24. The van der Waals surface area contributed by atoms with Gasteiger partial charge in [0, 0.05) is 18.7 Å². The van der Waals surface area contributed by atoms with Crippen molar-refractivity contribution in [3.8, 4) is 0 Å². The van der Waals surface area contributed by atoms with Gasteiger partial charge in [0.15, 0.2) is 0 Å². The lowest BCUT2D eigenvalue weighted by Gasteiger charge is -2.45. The van der Waals surface area contributed by atoms with Gasteiger partial charge in [-0.05, 0) is 32.0 Å². The number of rotatable bonds is 2. The Balaban J connectivity index is 2.25. The molecule has 1 saturated heterocycles. The van der Waals surface area contributed by atoms with Crippen LogP contribution in [0.3, 0.4) is 0 Å². The predicted octanol–water partition coefficient (Wildman–Crippen LogP) is 1.40. The van der Waals surface area contributed by atoms with Crippen LogP contribution in [-0.2, 0) is 4.74 Å². The third kappa shape index (κ3) is 2.93. The molecule has 0 radical (unpaired) electrons. The van der Waals surface area contributed by atoms with Gasteiger partial charge in [0.05, 0.1) is 18.2 Å². The summed E-state index contributed by atoms with van der Waals surface area (Å²) in [6, 6.07) is 5.74. The number of halogens is 1. The second-order valence-corrected chi connectivity index (χ2v) is 5.41. The number of benzene rings is 1. The molecule has 0 aromatic heterocycles. The van der Waals surface area contributed by atoms with Crippen molar-refractivity contribution in [1.29, 1.82) is 0 Å². The van der Waals surface area contributed by atoms with Crippen molar-refractivity contribution in [3.05, 3.63) is 35.6 Å². The quantitative estimate of drug-likeness (QED) is 0.880. The number of nitrogens with zero attached hydrogens (tertiary/aromatic N) is 1. The van der Waals surface area contributed by atoms with E-state index in [1.807, 2.05) is 13.8 Å². The van der Waals surface area contributed by atoms with Crippen molar-refractivity contribution in [3.63, 3.8) is 0 Å². The van der Waals surface area contributed by atoms with Gasteiger partial charge in [-0.1, -0.05) is 6.07 Å². The number of ether oxygens (including phenoxy) is 1. The Bertz CT molecular complexity index is 476. The van der Waals surface area contributed by atoms with Gasteiger partial charge in [0.1, 0.15) is 5.82 Å². The largest absolute Gasteiger partial charge is 0.373 e. The van der Waals surface area contributed by atoms with Crippen LogP contribution in [0.1, 0.15) is 24.2 Å². The van der Waals surface area contributed by atoms with Crippen LogP contribution >= 0.6 is 0 Å². The van der Waals surface area contributed by atoms with Crippen molar-refractivity contribution in [1.82, 2.24) is 4.90 Å². The minimum Gasteiger partial charge on any atom is -0.373 e. The fraction of sp³-hybridized carbons (Fsp3) is 0.500. The summed E-state index contributed by atoms with van der Waals surface area (Å²) in [5.41, 5.74) is 5.53. The van der Waals surface area contributed by atoms with Gasteiger partial charge in [-0.2, -0.15) is 0 Å². The number of carbonyl (C=O) groups is 1. The minimum absolute atomic E-state index is 0.162. The van der Waals surface area contributed by atoms with Crippen LogP contribution in [-0.4, -0.2) is 42.1 Å². The van der Waals surface area contributed by atoms with Crippen molar-refractivity contribution in [2.45, 2.75) is 25.5 Å². The first-order valence-electron chi connectivity index (χ1n) is 6.33. The second-order valence-electron chi connectivity index (χ2n) is 5.41. The van der Waals surface area contributed by atoms with E-state index in [0.29, 0.717) is 25.3 Å². The lowest BCUT2D eigenvalue weighted by Crippen LogP contribution is -2.59. The molecule has 1 fully saturated rings. The molecule has 0 bridgehead atoms. The average molecular weight is 266 g/mol. The van der Waals surface area contributed by atoms with Crippen LogP contribution in [0.25, 0.3) is 0 Å². The molecule has 1 aromatic rings. The van der Waals surface area contributed by atoms with Crippen molar-refractivity contribution in [2.24, 2.45) is 5.73 Å². The van der Waals surface area contributed by atoms with Gasteiger partial charge in [-0.15, -0.1) is 0 Å². The molecule has 5 heteroatoms. The molecule has 0 saturated carbocycles. The van der Waals surface area contributed by atoms with Crippen molar-refractivity contribution >= 4 is 5.91 Å². The first kappa shape index (κ1) is 14.0. The number of amides is 1. The van der Waals surface area contributed by atoms with Crippen LogP contribution in [0.15, 0.2) is 24.3 Å². The highest BCUT2D eigenvalue weighted by atomic mass is 19.1. The maximum atomic E-state index is 13.2. The summed E-state index contributed by atoms with van der Waals surface area (Å²) in [4.78, 5) is 14.2. The molecule has 1 aromatic carbocycles. The molecule has 1 atom stereocenters. The van der Waals surface area contributed by atoms with E-state index < -0.39 is 11.4 Å². The van der Waals surface area contributed by atoms with Gasteiger partial charge in [-0.25, -0.2) is 4.39 Å². The third-order valence-corrected chi connectivity index (χ3v) is 3.37. The first-order valence-corrected chi connectivity index (χ1v) is 6.33.